The zero-order chi connectivity index (χ0) is 17.5. The molecular formula is C22H19NO2. The van der Waals surface area contributed by atoms with Gasteiger partial charge in [-0.25, -0.2) is 0 Å². The third-order valence-corrected chi connectivity index (χ3v) is 3.89. The van der Waals surface area contributed by atoms with Gasteiger partial charge in [-0.1, -0.05) is 42.5 Å². The number of nitrogens with zero attached hydrogens (tertiary/aromatic N) is 1. The summed E-state index contributed by atoms with van der Waals surface area (Å²) in [5.41, 5.74) is 2.83. The van der Waals surface area contributed by atoms with Crippen molar-refractivity contribution in [2.24, 2.45) is 0 Å². The summed E-state index contributed by atoms with van der Waals surface area (Å²) in [6.45, 7) is 2.55. The van der Waals surface area contributed by atoms with E-state index in [1.54, 1.807) is 12.1 Å². The van der Waals surface area contributed by atoms with Crippen LogP contribution in [0.1, 0.15) is 29.7 Å². The summed E-state index contributed by atoms with van der Waals surface area (Å²) < 4.78 is 11.7. The summed E-state index contributed by atoms with van der Waals surface area (Å²) in [5.74, 6) is 1.58. The van der Waals surface area contributed by atoms with Crippen LogP contribution in [0.2, 0.25) is 0 Å². The average Bonchev–Trinajstić information content (AvgIpc) is 2.68. The topological polar surface area (TPSA) is 42.2 Å². The van der Waals surface area contributed by atoms with E-state index in [0.29, 0.717) is 12.2 Å². The molecule has 0 bridgehead atoms. The van der Waals surface area contributed by atoms with Crippen LogP contribution in [0.3, 0.4) is 0 Å². The third kappa shape index (κ3) is 4.62. The fourth-order valence-electron chi connectivity index (χ4n) is 2.46. The summed E-state index contributed by atoms with van der Waals surface area (Å²) in [7, 11) is 0. The van der Waals surface area contributed by atoms with Crippen molar-refractivity contribution >= 4 is 0 Å². The van der Waals surface area contributed by atoms with Crippen molar-refractivity contribution < 1.29 is 9.47 Å². The van der Waals surface area contributed by atoms with Gasteiger partial charge in [0.2, 0.25) is 0 Å². The van der Waals surface area contributed by atoms with Gasteiger partial charge in [0.1, 0.15) is 24.2 Å². The maximum Gasteiger partial charge on any atom is 0.121 e. The Morgan fingerprint density at radius 2 is 1.48 bits per heavy atom. The highest BCUT2D eigenvalue weighted by molar-refractivity contribution is 5.35. The Labute approximate surface area is 148 Å². The molecule has 3 aromatic carbocycles. The first kappa shape index (κ1) is 16.6. The second kappa shape index (κ2) is 8.03. The number of hydrogen-bond acceptors (Lipinski definition) is 3. The summed E-state index contributed by atoms with van der Waals surface area (Å²) in [6, 6.07) is 27.2. The first-order valence-electron chi connectivity index (χ1n) is 8.18. The minimum absolute atomic E-state index is 0.0869. The van der Waals surface area contributed by atoms with E-state index < -0.39 is 0 Å². The highest BCUT2D eigenvalue weighted by Crippen LogP contribution is 2.24. The van der Waals surface area contributed by atoms with Crippen molar-refractivity contribution in [3.05, 3.63) is 95.6 Å². The maximum atomic E-state index is 8.83. The fourth-order valence-corrected chi connectivity index (χ4v) is 2.46. The van der Waals surface area contributed by atoms with Crippen LogP contribution >= 0.6 is 0 Å². The standard InChI is InChI=1S/C22H19NO2/c1-17(25-22-11-7-18(15-23)8-12-22)20-9-13-21(14-10-20)24-16-19-5-3-2-4-6-19/h2-14,17H,16H2,1H3. The van der Waals surface area contributed by atoms with Crippen molar-refractivity contribution in [1.29, 1.82) is 5.26 Å². The molecule has 3 heteroatoms. The summed E-state index contributed by atoms with van der Waals surface area (Å²) in [4.78, 5) is 0. The first-order valence-corrected chi connectivity index (χ1v) is 8.18. The molecule has 0 radical (unpaired) electrons. The molecule has 0 heterocycles. The second-order valence-electron chi connectivity index (χ2n) is 5.74. The molecule has 0 amide bonds. The minimum atomic E-state index is -0.0869. The average molecular weight is 329 g/mol. The lowest BCUT2D eigenvalue weighted by atomic mass is 10.1. The number of nitriles is 1. The fraction of sp³-hybridized carbons (Fsp3) is 0.136. The molecule has 0 aromatic heterocycles. The van der Waals surface area contributed by atoms with E-state index in [4.69, 9.17) is 14.7 Å². The Hall–Kier alpha value is -3.25. The molecule has 1 unspecified atom stereocenters. The van der Waals surface area contributed by atoms with E-state index in [-0.39, 0.29) is 6.10 Å². The predicted octanol–water partition coefficient (Wildman–Crippen LogP) is 5.28. The van der Waals surface area contributed by atoms with Crippen molar-refractivity contribution in [3.8, 4) is 17.6 Å². The van der Waals surface area contributed by atoms with E-state index >= 15 is 0 Å². The van der Waals surface area contributed by atoms with E-state index in [9.17, 15) is 0 Å². The Morgan fingerprint density at radius 1 is 0.840 bits per heavy atom. The largest absolute Gasteiger partial charge is 0.489 e. The molecule has 25 heavy (non-hydrogen) atoms. The van der Waals surface area contributed by atoms with Gasteiger partial charge in [0, 0.05) is 0 Å². The molecule has 0 saturated heterocycles. The van der Waals surface area contributed by atoms with Crippen LogP contribution in [0.25, 0.3) is 0 Å². The van der Waals surface area contributed by atoms with Crippen LogP contribution in [0.15, 0.2) is 78.9 Å². The predicted molar refractivity (Wildman–Crippen MR) is 97.4 cm³/mol. The monoisotopic (exact) mass is 329 g/mol. The molecule has 3 rings (SSSR count). The number of rotatable bonds is 6. The molecule has 0 N–H and O–H groups in total. The van der Waals surface area contributed by atoms with E-state index in [1.807, 2.05) is 73.7 Å². The van der Waals surface area contributed by atoms with Crippen LogP contribution in [-0.4, -0.2) is 0 Å². The molecule has 0 spiro atoms. The molecule has 124 valence electrons. The van der Waals surface area contributed by atoms with Gasteiger partial charge in [-0.3, -0.25) is 0 Å². The zero-order valence-corrected chi connectivity index (χ0v) is 14.1. The molecule has 0 aliphatic rings. The van der Waals surface area contributed by atoms with Crippen LogP contribution in [0.5, 0.6) is 11.5 Å². The lowest BCUT2D eigenvalue weighted by Crippen LogP contribution is -2.03. The van der Waals surface area contributed by atoms with Crippen LogP contribution in [0.4, 0.5) is 0 Å². The van der Waals surface area contributed by atoms with Crippen LogP contribution < -0.4 is 9.47 Å². The van der Waals surface area contributed by atoms with E-state index in [1.165, 1.54) is 0 Å². The van der Waals surface area contributed by atoms with Crippen molar-refractivity contribution in [2.75, 3.05) is 0 Å². The van der Waals surface area contributed by atoms with Gasteiger partial charge in [-0.15, -0.1) is 0 Å². The highest BCUT2D eigenvalue weighted by atomic mass is 16.5. The summed E-state index contributed by atoms with van der Waals surface area (Å²) in [5, 5.41) is 8.83. The first-order chi connectivity index (χ1) is 12.2. The normalized spacial score (nSPS) is 11.4. The van der Waals surface area contributed by atoms with Crippen LogP contribution in [-0.2, 0) is 6.61 Å². The molecule has 0 saturated carbocycles. The van der Waals surface area contributed by atoms with Gasteiger partial charge >= 0.3 is 0 Å². The summed E-state index contributed by atoms with van der Waals surface area (Å²) >= 11 is 0. The minimum Gasteiger partial charge on any atom is -0.489 e. The zero-order valence-electron chi connectivity index (χ0n) is 14.1. The van der Waals surface area contributed by atoms with Crippen molar-refractivity contribution in [1.82, 2.24) is 0 Å². The van der Waals surface area contributed by atoms with Crippen molar-refractivity contribution in [3.63, 3.8) is 0 Å². The Kier molecular flexibility index (Phi) is 5.33. The molecule has 1 atom stereocenters. The molecule has 0 fully saturated rings. The lowest BCUT2D eigenvalue weighted by molar-refractivity contribution is 0.226. The van der Waals surface area contributed by atoms with E-state index in [2.05, 4.69) is 6.07 Å². The lowest BCUT2D eigenvalue weighted by Gasteiger charge is -2.15. The Bertz CT molecular complexity index is 834. The van der Waals surface area contributed by atoms with Gasteiger partial charge in [0.15, 0.2) is 0 Å². The van der Waals surface area contributed by atoms with E-state index in [0.717, 1.165) is 22.6 Å². The molecule has 0 aliphatic heterocycles. The van der Waals surface area contributed by atoms with Gasteiger partial charge in [-0.2, -0.15) is 5.26 Å². The van der Waals surface area contributed by atoms with Crippen molar-refractivity contribution in [2.45, 2.75) is 19.6 Å². The number of benzene rings is 3. The third-order valence-electron chi connectivity index (χ3n) is 3.89. The van der Waals surface area contributed by atoms with Gasteiger partial charge in [0.05, 0.1) is 11.6 Å². The van der Waals surface area contributed by atoms with Gasteiger partial charge < -0.3 is 9.47 Å². The number of ether oxygens (including phenoxy) is 2. The van der Waals surface area contributed by atoms with Gasteiger partial charge in [-0.05, 0) is 54.4 Å². The smallest absolute Gasteiger partial charge is 0.121 e. The molecule has 3 nitrogen and oxygen atoms in total. The van der Waals surface area contributed by atoms with Crippen LogP contribution in [0, 0.1) is 11.3 Å². The molecule has 3 aromatic rings. The maximum absolute atomic E-state index is 8.83. The Morgan fingerprint density at radius 3 is 2.12 bits per heavy atom. The molecule has 0 aliphatic carbocycles. The number of hydrogen-bond donors (Lipinski definition) is 0. The Balaban J connectivity index is 1.58. The molecular weight excluding hydrogens is 310 g/mol. The summed E-state index contributed by atoms with van der Waals surface area (Å²) in [6.07, 6.45) is -0.0869. The van der Waals surface area contributed by atoms with Gasteiger partial charge in [0.25, 0.3) is 0 Å². The SMILES string of the molecule is CC(Oc1ccc(C#N)cc1)c1ccc(OCc2ccccc2)cc1. The highest BCUT2D eigenvalue weighted by Gasteiger charge is 2.08. The quantitative estimate of drug-likeness (QED) is 0.618. The second-order valence-corrected chi connectivity index (χ2v) is 5.74.